The van der Waals surface area contributed by atoms with E-state index in [0.717, 1.165) is 38.5 Å². The van der Waals surface area contributed by atoms with Crippen molar-refractivity contribution < 1.29 is 10.2 Å². The summed E-state index contributed by atoms with van der Waals surface area (Å²) >= 11 is 0. The molecule has 3 fully saturated rings. The smallest absolute Gasteiger partial charge is 0.0653 e. The number of hydrogen-bond donors (Lipinski definition) is 2. The van der Waals surface area contributed by atoms with Gasteiger partial charge in [-0.15, -0.1) is 0 Å². The van der Waals surface area contributed by atoms with Crippen LogP contribution in [0.3, 0.4) is 0 Å². The van der Waals surface area contributed by atoms with Crippen molar-refractivity contribution in [3.05, 3.63) is 12.2 Å². The minimum Gasteiger partial charge on any atom is -0.390 e. The van der Waals surface area contributed by atoms with Gasteiger partial charge in [0.15, 0.2) is 0 Å². The Balaban J connectivity index is 1.92. The normalized spacial score (nSPS) is 49.5. The van der Waals surface area contributed by atoms with Gasteiger partial charge in [0.05, 0.1) is 11.2 Å². The minimum absolute atomic E-state index is 0.266. The van der Waals surface area contributed by atoms with Crippen molar-refractivity contribution in [3.63, 3.8) is 0 Å². The lowest BCUT2D eigenvalue weighted by molar-refractivity contribution is -0.0433. The van der Waals surface area contributed by atoms with Gasteiger partial charge in [0, 0.05) is 0 Å². The molecule has 0 heterocycles. The van der Waals surface area contributed by atoms with Crippen molar-refractivity contribution in [2.24, 2.45) is 29.1 Å². The van der Waals surface area contributed by atoms with Crippen LogP contribution < -0.4 is 0 Å². The molecule has 2 heteroatoms. The highest BCUT2D eigenvalue weighted by atomic mass is 16.3. The van der Waals surface area contributed by atoms with Crippen LogP contribution in [0, 0.1) is 29.1 Å². The first-order valence-corrected chi connectivity index (χ1v) is 9.17. The van der Waals surface area contributed by atoms with Crippen LogP contribution in [-0.2, 0) is 0 Å². The third-order valence-corrected chi connectivity index (χ3v) is 7.55. The SMILES string of the molecule is C=C1CCC2C(C(C)(C)O)CCC2(C)CC2C1CCC2(C)O. The maximum absolute atomic E-state index is 10.9. The van der Waals surface area contributed by atoms with Gasteiger partial charge in [0.1, 0.15) is 0 Å². The Labute approximate surface area is 136 Å². The van der Waals surface area contributed by atoms with E-state index >= 15 is 0 Å². The lowest BCUT2D eigenvalue weighted by atomic mass is 9.61. The van der Waals surface area contributed by atoms with E-state index in [2.05, 4.69) is 13.5 Å². The van der Waals surface area contributed by atoms with Gasteiger partial charge in [-0.3, -0.25) is 0 Å². The molecule has 0 aromatic rings. The van der Waals surface area contributed by atoms with Crippen molar-refractivity contribution in [1.29, 1.82) is 0 Å². The van der Waals surface area contributed by atoms with Gasteiger partial charge in [-0.05, 0) is 94.8 Å². The van der Waals surface area contributed by atoms with E-state index in [-0.39, 0.29) is 5.41 Å². The molecule has 3 rings (SSSR count). The number of aliphatic hydroxyl groups is 2. The minimum atomic E-state index is -0.597. The summed E-state index contributed by atoms with van der Waals surface area (Å²) in [6.45, 7) is 12.8. The molecule has 0 spiro atoms. The number of rotatable bonds is 1. The van der Waals surface area contributed by atoms with Gasteiger partial charge >= 0.3 is 0 Å². The van der Waals surface area contributed by atoms with E-state index < -0.39 is 11.2 Å². The topological polar surface area (TPSA) is 40.5 Å². The molecule has 0 amide bonds. The highest BCUT2D eigenvalue weighted by molar-refractivity contribution is 5.15. The highest BCUT2D eigenvalue weighted by Crippen LogP contribution is 2.61. The Morgan fingerprint density at radius 1 is 1.09 bits per heavy atom. The van der Waals surface area contributed by atoms with Crippen LogP contribution in [-0.4, -0.2) is 21.4 Å². The third-order valence-electron chi connectivity index (χ3n) is 7.55. The largest absolute Gasteiger partial charge is 0.390 e. The maximum Gasteiger partial charge on any atom is 0.0653 e. The van der Waals surface area contributed by atoms with Crippen LogP contribution in [0.2, 0.25) is 0 Å². The molecule has 6 atom stereocenters. The number of fused-ring (bicyclic) bond motifs is 2. The van der Waals surface area contributed by atoms with E-state index in [9.17, 15) is 10.2 Å². The van der Waals surface area contributed by atoms with Crippen LogP contribution in [0.15, 0.2) is 12.2 Å². The standard InChI is InChI=1S/C20H34O2/c1-13-6-7-16-15(18(2,3)21)9-10-19(16,4)12-17-14(13)8-11-20(17,5)22/h14-17,21-22H,1,6-12H2,2-5H3. The summed E-state index contributed by atoms with van der Waals surface area (Å²) in [6, 6.07) is 0. The summed E-state index contributed by atoms with van der Waals surface area (Å²) in [5, 5.41) is 21.5. The van der Waals surface area contributed by atoms with E-state index in [0.29, 0.717) is 23.7 Å². The number of hydrogen-bond acceptors (Lipinski definition) is 2. The van der Waals surface area contributed by atoms with E-state index in [1.807, 2.05) is 20.8 Å². The summed E-state index contributed by atoms with van der Waals surface area (Å²) in [5.74, 6) is 1.80. The molecule has 3 saturated carbocycles. The molecule has 0 aromatic carbocycles. The Bertz CT molecular complexity index is 459. The molecule has 126 valence electrons. The zero-order valence-corrected chi connectivity index (χ0v) is 14.9. The first-order chi connectivity index (χ1) is 10.0. The first kappa shape index (κ1) is 16.5. The molecule has 0 radical (unpaired) electrons. The zero-order valence-electron chi connectivity index (χ0n) is 14.9. The quantitative estimate of drug-likeness (QED) is 0.709. The van der Waals surface area contributed by atoms with Crippen LogP contribution in [0.4, 0.5) is 0 Å². The summed E-state index contributed by atoms with van der Waals surface area (Å²) < 4.78 is 0. The molecule has 6 unspecified atom stereocenters. The lowest BCUT2D eigenvalue weighted by Gasteiger charge is -2.45. The van der Waals surface area contributed by atoms with E-state index in [4.69, 9.17) is 0 Å². The van der Waals surface area contributed by atoms with Gasteiger partial charge in [-0.1, -0.05) is 19.1 Å². The average molecular weight is 306 g/mol. The summed E-state index contributed by atoms with van der Waals surface area (Å²) in [6.07, 6.45) is 7.67. The maximum atomic E-state index is 10.9. The Morgan fingerprint density at radius 2 is 1.77 bits per heavy atom. The van der Waals surface area contributed by atoms with Gasteiger partial charge in [0.2, 0.25) is 0 Å². The van der Waals surface area contributed by atoms with Crippen LogP contribution in [0.1, 0.15) is 72.6 Å². The van der Waals surface area contributed by atoms with Gasteiger partial charge < -0.3 is 10.2 Å². The summed E-state index contributed by atoms with van der Waals surface area (Å²) in [5.41, 5.74) is 0.486. The average Bonchev–Trinajstić information content (AvgIpc) is 2.84. The highest BCUT2D eigenvalue weighted by Gasteiger charge is 2.55. The molecule has 3 aliphatic carbocycles. The Kier molecular flexibility index (Phi) is 3.81. The molecular weight excluding hydrogens is 272 g/mol. The fraction of sp³-hybridized carbons (Fsp3) is 0.900. The molecule has 2 N–H and O–H groups in total. The van der Waals surface area contributed by atoms with Gasteiger partial charge in [-0.25, -0.2) is 0 Å². The molecule has 0 bridgehead atoms. The molecule has 3 aliphatic rings. The molecular formula is C20H34O2. The molecule has 2 nitrogen and oxygen atoms in total. The predicted octanol–water partition coefficient (Wildman–Crippen LogP) is 4.31. The van der Waals surface area contributed by atoms with Gasteiger partial charge in [0.25, 0.3) is 0 Å². The summed E-state index contributed by atoms with van der Waals surface area (Å²) in [4.78, 5) is 0. The first-order valence-electron chi connectivity index (χ1n) is 9.17. The monoisotopic (exact) mass is 306 g/mol. The van der Waals surface area contributed by atoms with Crippen molar-refractivity contribution in [3.8, 4) is 0 Å². The van der Waals surface area contributed by atoms with Crippen LogP contribution >= 0.6 is 0 Å². The van der Waals surface area contributed by atoms with E-state index in [1.165, 1.54) is 12.0 Å². The van der Waals surface area contributed by atoms with Crippen molar-refractivity contribution in [2.45, 2.75) is 83.8 Å². The third kappa shape index (κ3) is 2.57. The fourth-order valence-electron chi connectivity index (χ4n) is 6.15. The Morgan fingerprint density at radius 3 is 2.41 bits per heavy atom. The van der Waals surface area contributed by atoms with Crippen LogP contribution in [0.5, 0.6) is 0 Å². The second kappa shape index (κ2) is 5.08. The predicted molar refractivity (Wildman–Crippen MR) is 90.4 cm³/mol. The van der Waals surface area contributed by atoms with Gasteiger partial charge in [-0.2, -0.15) is 0 Å². The van der Waals surface area contributed by atoms with Crippen molar-refractivity contribution in [1.82, 2.24) is 0 Å². The lowest BCUT2D eigenvalue weighted by Crippen LogP contribution is -2.42. The molecule has 22 heavy (non-hydrogen) atoms. The number of allylic oxidation sites excluding steroid dienone is 1. The zero-order chi connectivity index (χ0) is 16.3. The Hall–Kier alpha value is -0.340. The van der Waals surface area contributed by atoms with Crippen LogP contribution in [0.25, 0.3) is 0 Å². The van der Waals surface area contributed by atoms with Crippen molar-refractivity contribution >= 4 is 0 Å². The summed E-state index contributed by atoms with van der Waals surface area (Å²) in [7, 11) is 0. The second-order valence-corrected chi connectivity index (χ2v) is 9.57. The second-order valence-electron chi connectivity index (χ2n) is 9.57. The van der Waals surface area contributed by atoms with Crippen molar-refractivity contribution in [2.75, 3.05) is 0 Å². The molecule has 0 saturated heterocycles. The fourth-order valence-corrected chi connectivity index (χ4v) is 6.15. The van der Waals surface area contributed by atoms with E-state index in [1.54, 1.807) is 0 Å². The molecule has 0 aromatic heterocycles. The molecule has 0 aliphatic heterocycles.